The molecule has 0 amide bonds. The van der Waals surface area contributed by atoms with E-state index in [1.54, 1.807) is 0 Å². The number of nitrogens with two attached hydrogens (primary N) is 1. The Bertz CT molecular complexity index is 581. The highest BCUT2D eigenvalue weighted by Gasteiger charge is 2.06. The number of nitrogens with one attached hydrogen (secondary N) is 1. The van der Waals surface area contributed by atoms with Gasteiger partial charge in [0.25, 0.3) is 0 Å². The van der Waals surface area contributed by atoms with Crippen molar-refractivity contribution >= 4 is 11.6 Å². The van der Waals surface area contributed by atoms with Gasteiger partial charge in [0.1, 0.15) is 0 Å². The molecule has 0 aliphatic heterocycles. The molecule has 0 aliphatic carbocycles. The Hall–Kier alpha value is -2.33. The molecule has 0 spiro atoms. The lowest BCUT2D eigenvalue weighted by Gasteiger charge is -2.10. The molecule has 0 bridgehead atoms. The van der Waals surface area contributed by atoms with E-state index in [0.29, 0.717) is 5.96 Å². The van der Waals surface area contributed by atoms with Gasteiger partial charge in [0, 0.05) is 5.69 Å². The Kier molecular flexibility index (Phi) is 4.74. The summed E-state index contributed by atoms with van der Waals surface area (Å²) in [6.07, 6.45) is -0.647. The van der Waals surface area contributed by atoms with Crippen molar-refractivity contribution in [1.82, 2.24) is 0 Å². The van der Waals surface area contributed by atoms with E-state index in [2.05, 4.69) is 10.3 Å². The summed E-state index contributed by atoms with van der Waals surface area (Å²) in [7, 11) is 0. The van der Waals surface area contributed by atoms with Crippen LogP contribution in [0.4, 0.5) is 5.69 Å². The Morgan fingerprint density at radius 2 is 1.95 bits per heavy atom. The topological polar surface area (TPSA) is 70.6 Å². The molecule has 4 heteroatoms. The van der Waals surface area contributed by atoms with Gasteiger partial charge in [-0.2, -0.15) is 0 Å². The van der Waals surface area contributed by atoms with Gasteiger partial charge in [0.05, 0.1) is 12.6 Å². The minimum absolute atomic E-state index is 0.231. The summed E-state index contributed by atoms with van der Waals surface area (Å²) in [5.74, 6) is 0.294. The second-order valence-corrected chi connectivity index (χ2v) is 4.65. The van der Waals surface area contributed by atoms with Crippen molar-refractivity contribution in [1.29, 1.82) is 0 Å². The fraction of sp³-hybridized carbons (Fsp3) is 0.188. The van der Waals surface area contributed by atoms with E-state index in [4.69, 9.17) is 5.73 Å². The number of nitrogens with zero attached hydrogens (tertiary/aromatic N) is 1. The van der Waals surface area contributed by atoms with Gasteiger partial charge in [-0.3, -0.25) is 4.99 Å². The molecule has 20 heavy (non-hydrogen) atoms. The van der Waals surface area contributed by atoms with Crippen molar-refractivity contribution in [2.24, 2.45) is 10.7 Å². The van der Waals surface area contributed by atoms with Gasteiger partial charge in [-0.05, 0) is 24.6 Å². The fourth-order valence-corrected chi connectivity index (χ4v) is 1.88. The zero-order valence-corrected chi connectivity index (χ0v) is 11.5. The minimum atomic E-state index is -0.647. The number of hydrogen-bond acceptors (Lipinski definition) is 2. The lowest BCUT2D eigenvalue weighted by molar-refractivity contribution is 0.187. The third kappa shape index (κ3) is 4.10. The van der Waals surface area contributed by atoms with Crippen LogP contribution in [0.2, 0.25) is 0 Å². The smallest absolute Gasteiger partial charge is 0.193 e. The maximum atomic E-state index is 10.1. The molecule has 1 unspecified atom stereocenters. The number of aliphatic hydroxyl groups excluding tert-OH is 1. The monoisotopic (exact) mass is 269 g/mol. The average Bonchev–Trinajstić information content (AvgIpc) is 2.46. The van der Waals surface area contributed by atoms with Crippen molar-refractivity contribution in [2.45, 2.75) is 13.0 Å². The van der Waals surface area contributed by atoms with E-state index >= 15 is 0 Å². The first-order chi connectivity index (χ1) is 9.65. The van der Waals surface area contributed by atoms with E-state index < -0.39 is 6.10 Å². The number of para-hydroxylation sites is 1. The lowest BCUT2D eigenvalue weighted by atomic mass is 10.1. The van der Waals surface area contributed by atoms with Gasteiger partial charge in [-0.15, -0.1) is 0 Å². The molecule has 4 nitrogen and oxygen atoms in total. The first kappa shape index (κ1) is 14.1. The highest BCUT2D eigenvalue weighted by Crippen LogP contribution is 2.14. The van der Waals surface area contributed by atoms with E-state index in [0.717, 1.165) is 16.8 Å². The van der Waals surface area contributed by atoms with Gasteiger partial charge in [0.2, 0.25) is 0 Å². The molecule has 0 fully saturated rings. The van der Waals surface area contributed by atoms with Gasteiger partial charge >= 0.3 is 0 Å². The maximum absolute atomic E-state index is 10.1. The quantitative estimate of drug-likeness (QED) is 0.590. The first-order valence-corrected chi connectivity index (χ1v) is 6.52. The highest BCUT2D eigenvalue weighted by atomic mass is 16.3. The average molecular weight is 269 g/mol. The third-order valence-electron chi connectivity index (χ3n) is 2.91. The molecule has 0 aliphatic rings. The molecular formula is C16H19N3O. The fourth-order valence-electron chi connectivity index (χ4n) is 1.88. The van der Waals surface area contributed by atoms with Crippen LogP contribution in [-0.4, -0.2) is 17.6 Å². The normalized spacial score (nSPS) is 13.0. The summed E-state index contributed by atoms with van der Waals surface area (Å²) in [5.41, 5.74) is 8.62. The highest BCUT2D eigenvalue weighted by molar-refractivity contribution is 5.92. The number of hydrogen-bond donors (Lipinski definition) is 3. The molecule has 4 N–H and O–H groups in total. The predicted molar refractivity (Wildman–Crippen MR) is 82.7 cm³/mol. The molecule has 2 aromatic carbocycles. The summed E-state index contributed by atoms with van der Waals surface area (Å²) in [4.78, 5) is 4.16. The van der Waals surface area contributed by atoms with E-state index in [1.807, 2.05) is 61.5 Å². The van der Waals surface area contributed by atoms with Crippen LogP contribution in [0.5, 0.6) is 0 Å². The van der Waals surface area contributed by atoms with Crippen LogP contribution >= 0.6 is 0 Å². The molecule has 1 atom stereocenters. The zero-order valence-electron chi connectivity index (χ0n) is 11.5. The number of guanidine groups is 1. The molecule has 0 radical (unpaired) electrons. The van der Waals surface area contributed by atoms with Crippen LogP contribution in [0, 0.1) is 6.92 Å². The Balaban J connectivity index is 1.94. The largest absolute Gasteiger partial charge is 0.386 e. The second kappa shape index (κ2) is 6.73. The SMILES string of the molecule is Cc1cccc(C(O)CN=C(N)Nc2ccccc2)c1. The maximum Gasteiger partial charge on any atom is 0.193 e. The Morgan fingerprint density at radius 3 is 2.65 bits per heavy atom. The van der Waals surface area contributed by atoms with Gasteiger partial charge in [-0.1, -0.05) is 48.0 Å². The van der Waals surface area contributed by atoms with Gasteiger partial charge in [-0.25, -0.2) is 0 Å². The van der Waals surface area contributed by atoms with Crippen LogP contribution in [0.3, 0.4) is 0 Å². The molecule has 2 rings (SSSR count). The van der Waals surface area contributed by atoms with Crippen molar-refractivity contribution in [2.75, 3.05) is 11.9 Å². The Morgan fingerprint density at radius 1 is 1.20 bits per heavy atom. The standard InChI is InChI=1S/C16H19N3O/c1-12-6-5-7-13(10-12)15(20)11-18-16(17)19-14-8-3-2-4-9-14/h2-10,15,20H,11H2,1H3,(H3,17,18,19). The van der Waals surface area contributed by atoms with Gasteiger partial charge < -0.3 is 16.2 Å². The molecule has 104 valence electrons. The lowest BCUT2D eigenvalue weighted by Crippen LogP contribution is -2.23. The number of rotatable bonds is 4. The summed E-state index contributed by atoms with van der Waals surface area (Å²) >= 11 is 0. The molecule has 0 heterocycles. The van der Waals surface area contributed by atoms with E-state index in [9.17, 15) is 5.11 Å². The second-order valence-electron chi connectivity index (χ2n) is 4.65. The van der Waals surface area contributed by atoms with Crippen LogP contribution < -0.4 is 11.1 Å². The summed E-state index contributed by atoms with van der Waals surface area (Å²) < 4.78 is 0. The zero-order chi connectivity index (χ0) is 14.4. The van der Waals surface area contributed by atoms with E-state index in [-0.39, 0.29) is 6.54 Å². The van der Waals surface area contributed by atoms with Crippen LogP contribution in [0.1, 0.15) is 17.2 Å². The number of benzene rings is 2. The Labute approximate surface area is 119 Å². The number of anilines is 1. The van der Waals surface area contributed by atoms with E-state index in [1.165, 1.54) is 0 Å². The summed E-state index contributed by atoms with van der Waals surface area (Å²) in [5, 5.41) is 13.0. The minimum Gasteiger partial charge on any atom is -0.386 e. The number of aliphatic imine (C=N–C) groups is 1. The van der Waals surface area contributed by atoms with Crippen molar-refractivity contribution in [3.63, 3.8) is 0 Å². The molecule has 0 saturated heterocycles. The van der Waals surface area contributed by atoms with Crippen molar-refractivity contribution < 1.29 is 5.11 Å². The number of aliphatic hydroxyl groups is 1. The molecule has 0 saturated carbocycles. The first-order valence-electron chi connectivity index (χ1n) is 6.52. The van der Waals surface area contributed by atoms with Gasteiger partial charge in [0.15, 0.2) is 5.96 Å². The molecular weight excluding hydrogens is 250 g/mol. The molecule has 0 aromatic heterocycles. The van der Waals surface area contributed by atoms with Crippen LogP contribution in [0.15, 0.2) is 59.6 Å². The molecule has 2 aromatic rings. The predicted octanol–water partition coefficient (Wildman–Crippen LogP) is 2.46. The van der Waals surface area contributed by atoms with Crippen LogP contribution in [0.25, 0.3) is 0 Å². The number of aryl methyl sites for hydroxylation is 1. The van der Waals surface area contributed by atoms with Crippen molar-refractivity contribution in [3.05, 3.63) is 65.7 Å². The summed E-state index contributed by atoms with van der Waals surface area (Å²) in [6, 6.07) is 17.3. The third-order valence-corrected chi connectivity index (χ3v) is 2.91. The summed E-state index contributed by atoms with van der Waals surface area (Å²) in [6.45, 7) is 2.22. The van der Waals surface area contributed by atoms with Crippen LogP contribution in [-0.2, 0) is 0 Å². The van der Waals surface area contributed by atoms with Crippen molar-refractivity contribution in [3.8, 4) is 0 Å².